The molecule has 2 aromatic carbocycles. The van der Waals surface area contributed by atoms with Crippen molar-refractivity contribution in [3.8, 4) is 0 Å². The molecular formula is C17H10Br2ClNO2S. The van der Waals surface area contributed by atoms with Crippen molar-refractivity contribution in [2.24, 2.45) is 0 Å². The molecule has 2 N–H and O–H groups in total. The van der Waals surface area contributed by atoms with Crippen LogP contribution in [0.15, 0.2) is 50.1 Å². The quantitative estimate of drug-likeness (QED) is 0.395. The first-order chi connectivity index (χ1) is 11.3. The third kappa shape index (κ3) is 3.57. The number of ketones is 1. The molecule has 0 amide bonds. The van der Waals surface area contributed by atoms with Crippen molar-refractivity contribution in [2.75, 3.05) is 5.73 Å². The molecule has 1 heterocycles. The summed E-state index contributed by atoms with van der Waals surface area (Å²) >= 11 is 13.8. The van der Waals surface area contributed by atoms with Gasteiger partial charge >= 0.3 is 0 Å². The van der Waals surface area contributed by atoms with Gasteiger partial charge in [0.25, 0.3) is 0 Å². The number of nitrogen functional groups attached to an aromatic ring is 1. The van der Waals surface area contributed by atoms with E-state index in [1.807, 2.05) is 12.1 Å². The minimum absolute atomic E-state index is 0.100. The number of carbonyl (C=O) groups excluding carboxylic acids is 1. The Morgan fingerprint density at radius 3 is 2.62 bits per heavy atom. The van der Waals surface area contributed by atoms with E-state index in [-0.39, 0.29) is 22.5 Å². The van der Waals surface area contributed by atoms with Crippen molar-refractivity contribution in [2.45, 2.75) is 6.42 Å². The average molecular weight is 488 g/mol. The van der Waals surface area contributed by atoms with Gasteiger partial charge in [0, 0.05) is 25.5 Å². The molecule has 0 aliphatic carbocycles. The number of nitrogens with two attached hydrogens (primary N) is 1. The highest BCUT2D eigenvalue weighted by Gasteiger charge is 2.15. The molecule has 3 rings (SSSR count). The maximum absolute atomic E-state index is 12.6. The average Bonchev–Trinajstić information content (AvgIpc) is 2.50. The second-order valence-electron chi connectivity index (χ2n) is 5.20. The first-order valence-electron chi connectivity index (χ1n) is 6.85. The van der Waals surface area contributed by atoms with Crippen molar-refractivity contribution >= 4 is 76.4 Å². The van der Waals surface area contributed by atoms with Crippen LogP contribution in [0.1, 0.15) is 15.9 Å². The van der Waals surface area contributed by atoms with Gasteiger partial charge in [-0.15, -0.1) is 0 Å². The fourth-order valence-corrected chi connectivity index (χ4v) is 5.01. The fraction of sp³-hybridized carbons (Fsp3) is 0.0588. The molecule has 0 saturated heterocycles. The lowest BCUT2D eigenvalue weighted by molar-refractivity contribution is 0.0992. The highest BCUT2D eigenvalue weighted by molar-refractivity contribution is 9.11. The van der Waals surface area contributed by atoms with E-state index in [9.17, 15) is 9.59 Å². The molecular weight excluding hydrogens is 478 g/mol. The van der Waals surface area contributed by atoms with Crippen LogP contribution in [0.4, 0.5) is 5.69 Å². The van der Waals surface area contributed by atoms with E-state index in [0.29, 0.717) is 10.7 Å². The predicted octanol–water partition coefficient (Wildman–Crippen LogP) is 5.45. The van der Waals surface area contributed by atoms with Crippen LogP contribution in [0.5, 0.6) is 0 Å². The lowest BCUT2D eigenvalue weighted by atomic mass is 10.0. The molecule has 122 valence electrons. The van der Waals surface area contributed by atoms with Gasteiger partial charge in [0.05, 0.1) is 16.3 Å². The number of anilines is 1. The number of carbonyl (C=O) groups is 1. The summed E-state index contributed by atoms with van der Waals surface area (Å²) in [6.45, 7) is 0. The summed E-state index contributed by atoms with van der Waals surface area (Å²) in [7, 11) is 0. The number of fused-ring (bicyclic) bond motifs is 1. The zero-order valence-electron chi connectivity index (χ0n) is 12.1. The molecule has 1 aromatic heterocycles. The largest absolute Gasteiger partial charge is 0.398 e. The third-order valence-electron chi connectivity index (χ3n) is 3.49. The van der Waals surface area contributed by atoms with Gasteiger partial charge in [-0.25, -0.2) is 0 Å². The molecule has 0 atom stereocenters. The number of hydrogen-bond donors (Lipinski definition) is 1. The summed E-state index contributed by atoms with van der Waals surface area (Å²) in [5.41, 5.74) is 7.08. The van der Waals surface area contributed by atoms with E-state index >= 15 is 0 Å². The van der Waals surface area contributed by atoms with E-state index < -0.39 is 0 Å². The molecule has 0 fully saturated rings. The summed E-state index contributed by atoms with van der Waals surface area (Å²) in [6, 6.07) is 10.4. The predicted molar refractivity (Wildman–Crippen MR) is 107 cm³/mol. The highest BCUT2D eigenvalue weighted by Crippen LogP contribution is 2.30. The van der Waals surface area contributed by atoms with Crippen molar-refractivity contribution in [3.63, 3.8) is 0 Å². The van der Waals surface area contributed by atoms with Crippen molar-refractivity contribution in [1.82, 2.24) is 0 Å². The molecule has 0 spiro atoms. The summed E-state index contributed by atoms with van der Waals surface area (Å²) in [4.78, 5) is 24.9. The van der Waals surface area contributed by atoms with Crippen molar-refractivity contribution in [1.29, 1.82) is 0 Å². The van der Waals surface area contributed by atoms with Gasteiger partial charge in [-0.3, -0.25) is 9.59 Å². The van der Waals surface area contributed by atoms with Gasteiger partial charge in [0.2, 0.25) is 4.74 Å². The maximum Gasteiger partial charge on any atom is 0.243 e. The van der Waals surface area contributed by atoms with Crippen LogP contribution in [-0.2, 0) is 6.42 Å². The minimum atomic E-state index is -0.251. The van der Waals surface area contributed by atoms with E-state index in [1.54, 1.807) is 24.3 Å². The molecule has 3 nitrogen and oxygen atoms in total. The Hall–Kier alpha value is -1.21. The molecule has 0 aliphatic rings. The summed E-state index contributed by atoms with van der Waals surface area (Å²) < 4.78 is 2.26. The SMILES string of the molecule is Nc1cc(CC(=O)c2cc3c(Br)cc(Br)cc3sc2=O)ccc1Cl. The first kappa shape index (κ1) is 17.6. The Morgan fingerprint density at radius 2 is 1.92 bits per heavy atom. The zero-order chi connectivity index (χ0) is 17.4. The van der Waals surface area contributed by atoms with Crippen LogP contribution < -0.4 is 10.5 Å². The Morgan fingerprint density at radius 1 is 1.17 bits per heavy atom. The van der Waals surface area contributed by atoms with Gasteiger partial charge in [-0.05, 0) is 35.9 Å². The minimum Gasteiger partial charge on any atom is -0.398 e. The lowest BCUT2D eigenvalue weighted by Gasteiger charge is -2.06. The number of hydrogen-bond acceptors (Lipinski definition) is 4. The number of rotatable bonds is 3. The van der Waals surface area contributed by atoms with Crippen LogP contribution in [0.25, 0.3) is 10.1 Å². The molecule has 3 aromatic rings. The molecule has 7 heteroatoms. The number of Topliss-reactive ketones (excluding diaryl/α,β-unsaturated/α-hetero) is 1. The van der Waals surface area contributed by atoms with Crippen LogP contribution >= 0.6 is 54.8 Å². The Bertz CT molecular complexity index is 1030. The standard InChI is InChI=1S/C17H10Br2ClNO2S/c18-9-5-12(19)10-7-11(17(23)24-16(10)6-9)15(22)4-8-1-2-13(20)14(21)3-8/h1-3,5-7H,4,21H2. The van der Waals surface area contributed by atoms with Crippen molar-refractivity contribution in [3.05, 3.63) is 71.0 Å². The van der Waals surface area contributed by atoms with E-state index in [2.05, 4.69) is 31.9 Å². The Kier molecular flexibility index (Phi) is 5.11. The zero-order valence-corrected chi connectivity index (χ0v) is 16.9. The van der Waals surface area contributed by atoms with Gasteiger partial charge in [-0.1, -0.05) is 60.9 Å². The molecule has 0 radical (unpaired) electrons. The highest BCUT2D eigenvalue weighted by atomic mass is 79.9. The number of benzene rings is 2. The van der Waals surface area contributed by atoms with Crippen LogP contribution in [0, 0.1) is 0 Å². The molecule has 0 saturated carbocycles. The fourth-order valence-electron chi connectivity index (χ4n) is 2.32. The monoisotopic (exact) mass is 485 g/mol. The Balaban J connectivity index is 2.02. The van der Waals surface area contributed by atoms with Crippen LogP contribution in [-0.4, -0.2) is 5.78 Å². The van der Waals surface area contributed by atoms with Crippen molar-refractivity contribution < 1.29 is 4.79 Å². The van der Waals surface area contributed by atoms with Crippen LogP contribution in [0.2, 0.25) is 5.02 Å². The summed E-state index contributed by atoms with van der Waals surface area (Å²) in [5, 5.41) is 1.28. The smallest absolute Gasteiger partial charge is 0.243 e. The van der Waals surface area contributed by atoms with Gasteiger partial charge in [0.15, 0.2) is 5.78 Å². The topological polar surface area (TPSA) is 60.2 Å². The molecule has 24 heavy (non-hydrogen) atoms. The van der Waals surface area contributed by atoms with Gasteiger partial charge < -0.3 is 5.73 Å². The second kappa shape index (κ2) is 6.96. The Labute approximate surface area is 163 Å². The number of halogens is 3. The summed E-state index contributed by atoms with van der Waals surface area (Å²) in [5.74, 6) is -0.241. The van der Waals surface area contributed by atoms with E-state index in [0.717, 1.165) is 35.9 Å². The lowest BCUT2D eigenvalue weighted by Crippen LogP contribution is -2.14. The van der Waals surface area contributed by atoms with Gasteiger partial charge in [0.1, 0.15) is 0 Å². The molecule has 0 bridgehead atoms. The molecule has 0 unspecified atom stereocenters. The van der Waals surface area contributed by atoms with Gasteiger partial charge in [-0.2, -0.15) is 0 Å². The summed E-state index contributed by atoms with van der Waals surface area (Å²) in [6.07, 6.45) is 0.100. The second-order valence-corrected chi connectivity index (χ2v) is 8.39. The molecule has 0 aliphatic heterocycles. The van der Waals surface area contributed by atoms with E-state index in [4.69, 9.17) is 17.3 Å². The first-order valence-corrected chi connectivity index (χ1v) is 9.63. The maximum atomic E-state index is 12.6. The normalized spacial score (nSPS) is 11.0. The van der Waals surface area contributed by atoms with E-state index in [1.165, 1.54) is 0 Å². The van der Waals surface area contributed by atoms with Crippen LogP contribution in [0.3, 0.4) is 0 Å². The third-order valence-corrected chi connectivity index (χ3v) is 5.91.